The highest BCUT2D eigenvalue weighted by Crippen LogP contribution is 2.34. The Morgan fingerprint density at radius 2 is 1.68 bits per heavy atom. The highest BCUT2D eigenvalue weighted by Gasteiger charge is 2.33. The summed E-state index contributed by atoms with van der Waals surface area (Å²) in [6.45, 7) is 3.37. The number of anilines is 1. The molecule has 218 valence electrons. The van der Waals surface area contributed by atoms with Crippen molar-refractivity contribution in [2.75, 3.05) is 30.6 Å². The van der Waals surface area contributed by atoms with E-state index in [0.29, 0.717) is 29.5 Å². The van der Waals surface area contributed by atoms with Gasteiger partial charge in [-0.3, -0.25) is 13.9 Å². The molecule has 0 aliphatic carbocycles. The Bertz CT molecular complexity index is 1540. The Morgan fingerprint density at radius 3 is 2.34 bits per heavy atom. The van der Waals surface area contributed by atoms with E-state index in [1.54, 1.807) is 19.1 Å². The van der Waals surface area contributed by atoms with Gasteiger partial charge in [-0.05, 0) is 67.9 Å². The number of nitrogens with one attached hydrogen (secondary N) is 1. The summed E-state index contributed by atoms with van der Waals surface area (Å²) in [5, 5.41) is 3.35. The molecule has 1 aliphatic rings. The fourth-order valence-electron chi connectivity index (χ4n) is 4.19. The molecule has 1 atom stereocenters. The summed E-state index contributed by atoms with van der Waals surface area (Å²) in [6.07, 6.45) is 0. The number of hydrogen-bond acceptors (Lipinski definition) is 6. The highest BCUT2D eigenvalue weighted by atomic mass is 35.5. The third-order valence-electron chi connectivity index (χ3n) is 6.37. The van der Waals surface area contributed by atoms with Crippen LogP contribution in [-0.4, -0.2) is 57.5 Å². The van der Waals surface area contributed by atoms with E-state index in [-0.39, 0.29) is 34.5 Å². The lowest BCUT2D eigenvalue weighted by Gasteiger charge is -2.32. The molecule has 0 bridgehead atoms. The molecule has 2 amide bonds. The number of rotatable bonds is 10. The summed E-state index contributed by atoms with van der Waals surface area (Å²) in [5.74, 6) is -1.08. The van der Waals surface area contributed by atoms with Crippen LogP contribution < -0.4 is 19.1 Å². The fourth-order valence-corrected chi connectivity index (χ4v) is 6.08. The second kappa shape index (κ2) is 13.0. The average molecular weight is 625 g/mol. The Kier molecular flexibility index (Phi) is 9.62. The second-order valence-electron chi connectivity index (χ2n) is 9.12. The Morgan fingerprint density at radius 1 is 1.00 bits per heavy atom. The molecule has 0 fully saturated rings. The van der Waals surface area contributed by atoms with Crippen LogP contribution in [-0.2, 0) is 26.2 Å². The number of ether oxygens (including phenoxy) is 2. The molecule has 0 radical (unpaired) electrons. The van der Waals surface area contributed by atoms with Crippen molar-refractivity contribution in [1.82, 2.24) is 10.2 Å². The van der Waals surface area contributed by atoms with Crippen LogP contribution in [0.15, 0.2) is 65.6 Å². The molecule has 0 unspecified atom stereocenters. The molecule has 4 rings (SSSR count). The molecular formula is C28H28Cl2FN3O6S. The Balaban J connectivity index is 1.73. The molecule has 0 aromatic heterocycles. The summed E-state index contributed by atoms with van der Waals surface area (Å²) in [6, 6.07) is 12.6. The normalized spacial score (nSPS) is 13.3. The van der Waals surface area contributed by atoms with Crippen LogP contribution in [0.5, 0.6) is 11.5 Å². The minimum absolute atomic E-state index is 0.0461. The summed E-state index contributed by atoms with van der Waals surface area (Å²) < 4.78 is 53.6. The van der Waals surface area contributed by atoms with Gasteiger partial charge in [-0.2, -0.15) is 0 Å². The number of amides is 2. The van der Waals surface area contributed by atoms with Crippen molar-refractivity contribution in [3.63, 3.8) is 0 Å². The van der Waals surface area contributed by atoms with Gasteiger partial charge in [-0.1, -0.05) is 29.3 Å². The number of sulfonamides is 1. The van der Waals surface area contributed by atoms with Gasteiger partial charge < -0.3 is 19.7 Å². The monoisotopic (exact) mass is 623 g/mol. The van der Waals surface area contributed by atoms with E-state index in [1.165, 1.54) is 48.2 Å². The first-order valence-electron chi connectivity index (χ1n) is 12.7. The van der Waals surface area contributed by atoms with E-state index in [9.17, 15) is 22.4 Å². The van der Waals surface area contributed by atoms with Crippen molar-refractivity contribution >= 4 is 50.7 Å². The lowest BCUT2D eigenvalue weighted by Crippen LogP contribution is -2.51. The van der Waals surface area contributed by atoms with Gasteiger partial charge in [0, 0.05) is 29.2 Å². The van der Waals surface area contributed by atoms with E-state index >= 15 is 0 Å². The topological polar surface area (TPSA) is 105 Å². The summed E-state index contributed by atoms with van der Waals surface area (Å²) in [4.78, 5) is 27.8. The van der Waals surface area contributed by atoms with Gasteiger partial charge in [-0.15, -0.1) is 0 Å². The zero-order valence-electron chi connectivity index (χ0n) is 22.3. The number of likely N-dealkylation sites (N-methyl/N-ethyl adjacent to an activating group) is 1. The first kappa shape index (κ1) is 30.4. The van der Waals surface area contributed by atoms with Crippen LogP contribution in [0.1, 0.15) is 19.4 Å². The van der Waals surface area contributed by atoms with Crippen LogP contribution in [0.4, 0.5) is 10.1 Å². The maximum absolute atomic E-state index is 14.0. The van der Waals surface area contributed by atoms with Crippen LogP contribution in [0.3, 0.4) is 0 Å². The van der Waals surface area contributed by atoms with E-state index in [0.717, 1.165) is 16.4 Å². The molecule has 41 heavy (non-hydrogen) atoms. The zero-order chi connectivity index (χ0) is 29.7. The maximum atomic E-state index is 14.0. The van der Waals surface area contributed by atoms with Crippen molar-refractivity contribution < 1.29 is 31.9 Å². The second-order valence-corrected chi connectivity index (χ2v) is 11.8. The number of halogens is 3. The SMILES string of the molecule is CCNC(=O)[C@@H](C)N(Cc1ccc(Cl)cc1Cl)C(=O)CN(c1ccc(F)cc1)S(=O)(=O)c1ccc2c(c1)OCCO2. The van der Waals surface area contributed by atoms with Gasteiger partial charge in [0.25, 0.3) is 10.0 Å². The predicted molar refractivity (Wildman–Crippen MR) is 154 cm³/mol. The van der Waals surface area contributed by atoms with E-state index < -0.39 is 40.2 Å². The number of carbonyl (C=O) groups excluding carboxylic acids is 2. The van der Waals surface area contributed by atoms with Gasteiger partial charge in [0.2, 0.25) is 11.8 Å². The lowest BCUT2D eigenvalue weighted by atomic mass is 10.1. The third kappa shape index (κ3) is 7.03. The van der Waals surface area contributed by atoms with Gasteiger partial charge in [0.15, 0.2) is 11.5 Å². The molecule has 3 aromatic rings. The highest BCUT2D eigenvalue weighted by molar-refractivity contribution is 7.92. The van der Waals surface area contributed by atoms with Gasteiger partial charge in [0.1, 0.15) is 31.6 Å². The molecule has 1 heterocycles. The molecular weight excluding hydrogens is 596 g/mol. The van der Waals surface area contributed by atoms with Crippen LogP contribution in [0.2, 0.25) is 10.0 Å². The molecule has 1 N–H and O–H groups in total. The van der Waals surface area contributed by atoms with Crippen molar-refractivity contribution in [1.29, 1.82) is 0 Å². The molecule has 13 heteroatoms. The van der Waals surface area contributed by atoms with E-state index in [1.807, 2.05) is 0 Å². The number of fused-ring (bicyclic) bond motifs is 1. The zero-order valence-corrected chi connectivity index (χ0v) is 24.6. The Labute approximate surface area is 247 Å². The van der Waals surface area contributed by atoms with Gasteiger partial charge >= 0.3 is 0 Å². The molecule has 1 aliphatic heterocycles. The van der Waals surface area contributed by atoms with Gasteiger partial charge in [0.05, 0.1) is 10.6 Å². The van der Waals surface area contributed by atoms with Crippen LogP contribution in [0.25, 0.3) is 0 Å². The standard InChI is InChI=1S/C28H28Cl2FN3O6S/c1-3-32-28(36)18(2)33(16-19-4-5-20(29)14-24(19)30)27(35)17-34(22-8-6-21(31)7-9-22)41(37,38)23-10-11-25-26(15-23)40-13-12-39-25/h4-11,14-15,18H,3,12-13,16-17H2,1-2H3,(H,32,36)/t18-/m1/s1. The predicted octanol–water partition coefficient (Wildman–Crippen LogP) is 4.65. The fraction of sp³-hybridized carbons (Fsp3) is 0.286. The first-order valence-corrected chi connectivity index (χ1v) is 14.9. The average Bonchev–Trinajstić information content (AvgIpc) is 2.95. The minimum atomic E-state index is -4.39. The maximum Gasteiger partial charge on any atom is 0.264 e. The number of nitrogens with zero attached hydrogens (tertiary/aromatic N) is 2. The van der Waals surface area contributed by atoms with Crippen molar-refractivity contribution in [2.24, 2.45) is 0 Å². The summed E-state index contributed by atoms with van der Waals surface area (Å²) in [7, 11) is -4.39. The quantitative estimate of drug-likeness (QED) is 0.352. The first-order chi connectivity index (χ1) is 19.5. The molecule has 0 spiro atoms. The van der Waals surface area contributed by atoms with Crippen LogP contribution >= 0.6 is 23.2 Å². The number of benzene rings is 3. The van der Waals surface area contributed by atoms with Crippen LogP contribution in [0, 0.1) is 5.82 Å². The molecule has 3 aromatic carbocycles. The summed E-state index contributed by atoms with van der Waals surface area (Å²) >= 11 is 12.4. The van der Waals surface area contributed by atoms with E-state index in [2.05, 4.69) is 5.32 Å². The van der Waals surface area contributed by atoms with Gasteiger partial charge in [-0.25, -0.2) is 12.8 Å². The van der Waals surface area contributed by atoms with Crippen molar-refractivity contribution in [3.8, 4) is 11.5 Å². The minimum Gasteiger partial charge on any atom is -0.486 e. The Hall–Kier alpha value is -3.54. The smallest absolute Gasteiger partial charge is 0.264 e. The van der Waals surface area contributed by atoms with Crippen molar-refractivity contribution in [3.05, 3.63) is 82.1 Å². The number of carbonyl (C=O) groups is 2. The lowest BCUT2D eigenvalue weighted by molar-refractivity contribution is -0.139. The molecule has 9 nitrogen and oxygen atoms in total. The van der Waals surface area contributed by atoms with Crippen molar-refractivity contribution in [2.45, 2.75) is 31.3 Å². The molecule has 0 saturated heterocycles. The van der Waals surface area contributed by atoms with E-state index in [4.69, 9.17) is 32.7 Å². The third-order valence-corrected chi connectivity index (χ3v) is 8.73. The largest absolute Gasteiger partial charge is 0.486 e. The number of hydrogen-bond donors (Lipinski definition) is 1. The molecule has 0 saturated carbocycles. The summed E-state index contributed by atoms with van der Waals surface area (Å²) in [5.41, 5.74) is 0.549.